The van der Waals surface area contributed by atoms with Gasteiger partial charge in [0.1, 0.15) is 17.2 Å². The number of rotatable bonds is 5. The third-order valence-corrected chi connectivity index (χ3v) is 2.14. The fourth-order valence-corrected chi connectivity index (χ4v) is 1.41. The first kappa shape index (κ1) is 19.4. The lowest BCUT2D eigenvalue weighted by molar-refractivity contribution is -0.165. The van der Waals surface area contributed by atoms with Crippen molar-refractivity contribution in [2.24, 2.45) is 0 Å². The molecule has 0 aromatic rings. The highest BCUT2D eigenvalue weighted by molar-refractivity contribution is 5.88. The maximum atomic E-state index is 12.1. The molecule has 0 aliphatic carbocycles. The van der Waals surface area contributed by atoms with Crippen LogP contribution in [0.5, 0.6) is 0 Å². The smallest absolute Gasteiger partial charge is 0.329 e. The van der Waals surface area contributed by atoms with E-state index < -0.39 is 29.2 Å². The molecule has 0 spiro atoms. The fraction of sp³-hybridized carbons (Fsp3) is 0.800. The quantitative estimate of drug-likeness (QED) is 0.785. The standard InChI is InChI=1S/C15H27NO5/c1-8-11(17)16-10(13(19)21-15(5,6)7)9-12(18)20-14(2,3)4/h10H,8-9H2,1-7H3,(H,16,17)/t10-/m0/s1. The molecule has 0 rings (SSSR count). The predicted octanol–water partition coefficient (Wildman–Crippen LogP) is 1.95. The molecule has 122 valence electrons. The van der Waals surface area contributed by atoms with Gasteiger partial charge < -0.3 is 14.8 Å². The Balaban J connectivity index is 4.86. The molecule has 0 fully saturated rings. The van der Waals surface area contributed by atoms with Crippen LogP contribution >= 0.6 is 0 Å². The van der Waals surface area contributed by atoms with Crippen molar-refractivity contribution >= 4 is 17.8 Å². The number of amides is 1. The summed E-state index contributed by atoms with van der Waals surface area (Å²) in [6.07, 6.45) is -0.0362. The molecule has 0 saturated heterocycles. The van der Waals surface area contributed by atoms with Crippen LogP contribution in [0.1, 0.15) is 61.3 Å². The fourth-order valence-electron chi connectivity index (χ4n) is 1.41. The number of ether oxygens (including phenoxy) is 2. The maximum absolute atomic E-state index is 12.1. The first-order valence-electron chi connectivity index (χ1n) is 7.08. The molecule has 0 heterocycles. The predicted molar refractivity (Wildman–Crippen MR) is 78.5 cm³/mol. The highest BCUT2D eigenvalue weighted by atomic mass is 16.6. The van der Waals surface area contributed by atoms with Gasteiger partial charge in [-0.1, -0.05) is 6.92 Å². The van der Waals surface area contributed by atoms with Gasteiger partial charge in [-0.05, 0) is 41.5 Å². The molecule has 0 unspecified atom stereocenters. The van der Waals surface area contributed by atoms with E-state index in [0.717, 1.165) is 0 Å². The van der Waals surface area contributed by atoms with Gasteiger partial charge in [0.2, 0.25) is 5.91 Å². The zero-order valence-corrected chi connectivity index (χ0v) is 14.0. The Morgan fingerprint density at radius 2 is 1.43 bits per heavy atom. The number of hydrogen-bond acceptors (Lipinski definition) is 5. The van der Waals surface area contributed by atoms with Crippen molar-refractivity contribution in [3.8, 4) is 0 Å². The van der Waals surface area contributed by atoms with E-state index in [4.69, 9.17) is 9.47 Å². The lowest BCUT2D eigenvalue weighted by Crippen LogP contribution is -2.45. The number of carbonyl (C=O) groups excluding carboxylic acids is 3. The van der Waals surface area contributed by atoms with E-state index in [1.165, 1.54) is 0 Å². The summed E-state index contributed by atoms with van der Waals surface area (Å²) >= 11 is 0. The molecule has 0 radical (unpaired) electrons. The van der Waals surface area contributed by atoms with Crippen molar-refractivity contribution in [1.29, 1.82) is 0 Å². The lowest BCUT2D eigenvalue weighted by Gasteiger charge is -2.25. The van der Waals surface area contributed by atoms with Crippen molar-refractivity contribution in [3.05, 3.63) is 0 Å². The van der Waals surface area contributed by atoms with E-state index in [9.17, 15) is 14.4 Å². The summed E-state index contributed by atoms with van der Waals surface area (Å²) < 4.78 is 10.4. The normalized spacial score (nSPS) is 13.3. The van der Waals surface area contributed by atoms with Gasteiger partial charge >= 0.3 is 11.9 Å². The summed E-state index contributed by atoms with van der Waals surface area (Å²) in [4.78, 5) is 35.4. The van der Waals surface area contributed by atoms with Crippen LogP contribution in [0, 0.1) is 0 Å². The number of carbonyl (C=O) groups is 3. The Hall–Kier alpha value is -1.59. The molecule has 6 nitrogen and oxygen atoms in total. The summed E-state index contributed by atoms with van der Waals surface area (Å²) in [6, 6.07) is -1.04. The van der Waals surface area contributed by atoms with Crippen LogP contribution in [0.3, 0.4) is 0 Å². The number of nitrogens with one attached hydrogen (secondary N) is 1. The van der Waals surface area contributed by atoms with Gasteiger partial charge in [-0.25, -0.2) is 4.79 Å². The molecular formula is C15H27NO5. The Labute approximate surface area is 126 Å². The van der Waals surface area contributed by atoms with Gasteiger partial charge in [0, 0.05) is 6.42 Å². The summed E-state index contributed by atoms with van der Waals surface area (Å²) in [5.41, 5.74) is -1.34. The average molecular weight is 301 g/mol. The minimum Gasteiger partial charge on any atom is -0.460 e. The average Bonchev–Trinajstić information content (AvgIpc) is 2.22. The van der Waals surface area contributed by atoms with Crippen LogP contribution in [-0.4, -0.2) is 35.1 Å². The highest BCUT2D eigenvalue weighted by Gasteiger charge is 2.30. The molecule has 0 aromatic heterocycles. The van der Waals surface area contributed by atoms with Crippen LogP contribution in [0.15, 0.2) is 0 Å². The molecule has 0 aliphatic heterocycles. The third-order valence-electron chi connectivity index (χ3n) is 2.14. The summed E-state index contributed by atoms with van der Waals surface area (Å²) in [7, 11) is 0. The SMILES string of the molecule is CCC(=O)N[C@@H](CC(=O)OC(C)(C)C)C(=O)OC(C)(C)C. The third kappa shape index (κ3) is 9.87. The molecule has 0 bridgehead atoms. The summed E-state index contributed by atoms with van der Waals surface area (Å²) in [5, 5.41) is 2.49. The Kier molecular flexibility index (Phi) is 6.86. The molecule has 1 amide bonds. The molecular weight excluding hydrogens is 274 g/mol. The first-order valence-corrected chi connectivity index (χ1v) is 7.08. The van der Waals surface area contributed by atoms with E-state index in [1.807, 2.05) is 0 Å². The minimum absolute atomic E-state index is 0.216. The lowest BCUT2D eigenvalue weighted by atomic mass is 10.1. The largest absolute Gasteiger partial charge is 0.460 e. The molecule has 1 atom stereocenters. The topological polar surface area (TPSA) is 81.7 Å². The molecule has 6 heteroatoms. The second kappa shape index (κ2) is 7.43. The monoisotopic (exact) mass is 301 g/mol. The zero-order valence-electron chi connectivity index (χ0n) is 14.0. The van der Waals surface area contributed by atoms with Crippen molar-refractivity contribution in [2.75, 3.05) is 0 Å². The Morgan fingerprint density at radius 1 is 0.952 bits per heavy atom. The van der Waals surface area contributed by atoms with Crippen LogP contribution in [0.4, 0.5) is 0 Å². The van der Waals surface area contributed by atoms with Crippen LogP contribution in [0.2, 0.25) is 0 Å². The molecule has 0 saturated carbocycles. The van der Waals surface area contributed by atoms with E-state index >= 15 is 0 Å². The van der Waals surface area contributed by atoms with Crippen molar-refractivity contribution in [3.63, 3.8) is 0 Å². The van der Waals surface area contributed by atoms with Gasteiger partial charge in [-0.15, -0.1) is 0 Å². The molecule has 0 aromatic carbocycles. The van der Waals surface area contributed by atoms with E-state index in [2.05, 4.69) is 5.32 Å². The van der Waals surface area contributed by atoms with Crippen LogP contribution < -0.4 is 5.32 Å². The van der Waals surface area contributed by atoms with Crippen molar-refractivity contribution in [2.45, 2.75) is 78.6 Å². The summed E-state index contributed by atoms with van der Waals surface area (Å²) in [5.74, 6) is -1.53. The van der Waals surface area contributed by atoms with Gasteiger partial charge in [0.15, 0.2) is 0 Å². The Bertz CT molecular complexity index is 390. The van der Waals surface area contributed by atoms with E-state index in [-0.39, 0.29) is 18.7 Å². The van der Waals surface area contributed by atoms with Crippen LogP contribution in [-0.2, 0) is 23.9 Å². The van der Waals surface area contributed by atoms with Crippen LogP contribution in [0.25, 0.3) is 0 Å². The van der Waals surface area contributed by atoms with Gasteiger partial charge in [-0.2, -0.15) is 0 Å². The highest BCUT2D eigenvalue weighted by Crippen LogP contribution is 2.13. The first-order chi connectivity index (χ1) is 9.34. The van der Waals surface area contributed by atoms with Crippen molar-refractivity contribution < 1.29 is 23.9 Å². The molecule has 1 N–H and O–H groups in total. The van der Waals surface area contributed by atoms with Gasteiger partial charge in [0.25, 0.3) is 0 Å². The van der Waals surface area contributed by atoms with Gasteiger partial charge in [0.05, 0.1) is 6.42 Å². The minimum atomic E-state index is -1.04. The van der Waals surface area contributed by atoms with Gasteiger partial charge in [-0.3, -0.25) is 9.59 Å². The maximum Gasteiger partial charge on any atom is 0.329 e. The second-order valence-electron chi connectivity index (χ2n) is 6.80. The van der Waals surface area contributed by atoms with Crippen molar-refractivity contribution in [1.82, 2.24) is 5.32 Å². The number of hydrogen-bond donors (Lipinski definition) is 1. The molecule has 21 heavy (non-hydrogen) atoms. The zero-order chi connectivity index (χ0) is 16.8. The Morgan fingerprint density at radius 3 is 1.81 bits per heavy atom. The second-order valence-corrected chi connectivity index (χ2v) is 6.80. The van der Waals surface area contributed by atoms with E-state index in [1.54, 1.807) is 48.5 Å². The number of esters is 2. The van der Waals surface area contributed by atoms with E-state index in [0.29, 0.717) is 0 Å². The molecule has 0 aliphatic rings. The summed E-state index contributed by atoms with van der Waals surface area (Å²) in [6.45, 7) is 12.0.